The first-order valence-corrected chi connectivity index (χ1v) is 20.2. The molecule has 2 aromatic carbocycles. The van der Waals surface area contributed by atoms with Gasteiger partial charge in [-0.25, -0.2) is 20.1 Å². The summed E-state index contributed by atoms with van der Waals surface area (Å²) < 4.78 is 0. The summed E-state index contributed by atoms with van der Waals surface area (Å²) in [6.45, 7) is 14.1. The maximum absolute atomic E-state index is 5.17. The molecule has 0 atom stereocenters. The van der Waals surface area contributed by atoms with Gasteiger partial charge in [0.25, 0.3) is 0 Å². The molecule has 40 heavy (non-hydrogen) atoms. The molecule has 0 aliphatic rings. The van der Waals surface area contributed by atoms with Gasteiger partial charge in [0.2, 0.25) is 0 Å². The zero-order chi connectivity index (χ0) is 30.7. The van der Waals surface area contributed by atoms with Crippen LogP contribution in [0.1, 0.15) is 52.7 Å². The Morgan fingerprint density at radius 1 is 0.575 bits per heavy atom. The average Bonchev–Trinajstić information content (AvgIpc) is 2.80. The molecule has 3 rings (SSSR count). The normalized spacial score (nSPS) is 14.7. The summed E-state index contributed by atoms with van der Waals surface area (Å²) in [6.07, 6.45) is 16.5. The van der Waals surface area contributed by atoms with E-state index in [0.717, 1.165) is 5.69 Å². The van der Waals surface area contributed by atoms with Gasteiger partial charge in [0.15, 0.2) is 0 Å². The van der Waals surface area contributed by atoms with Gasteiger partial charge in [0.05, 0.1) is 5.69 Å². The lowest BCUT2D eigenvalue weighted by Gasteiger charge is -2.47. The van der Waals surface area contributed by atoms with Crippen LogP contribution in [0.4, 0.5) is 0 Å². The second-order valence-corrected chi connectivity index (χ2v) is 24.5. The zero-order valence-electron chi connectivity index (χ0n) is 28.5. The van der Waals surface area contributed by atoms with E-state index < -0.39 is 20.1 Å². The summed E-state index contributed by atoms with van der Waals surface area (Å²) in [4.78, 5) is 8.07. The molecule has 1 heterocycles. The quantitative estimate of drug-likeness (QED) is 0.359. The molecule has 0 spiro atoms. The molecular formula is C33H53B4NS2. The van der Waals surface area contributed by atoms with Gasteiger partial charge in [-0.3, -0.25) is 4.98 Å². The predicted octanol–water partition coefficient (Wildman–Crippen LogP) is 5.45. The molecule has 1 nitrogen and oxygen atoms in total. The number of nitrogens with zero attached hydrogens (tertiary/aromatic N) is 1. The van der Waals surface area contributed by atoms with E-state index in [1.165, 1.54) is 37.6 Å². The Kier molecular flexibility index (Phi) is 8.82. The molecule has 0 radical (unpaired) electrons. The highest BCUT2D eigenvalue weighted by molar-refractivity contribution is 8.32. The lowest BCUT2D eigenvalue weighted by molar-refractivity contribution is 0.335. The van der Waals surface area contributed by atoms with Crippen LogP contribution in [0.5, 0.6) is 0 Å². The van der Waals surface area contributed by atoms with Gasteiger partial charge in [-0.2, -0.15) is 0 Å². The van der Waals surface area contributed by atoms with Crippen LogP contribution in [0.2, 0.25) is 0 Å². The van der Waals surface area contributed by atoms with E-state index >= 15 is 0 Å². The number of rotatable bonds is 6. The van der Waals surface area contributed by atoms with Gasteiger partial charge in [0, 0.05) is 11.8 Å². The summed E-state index contributed by atoms with van der Waals surface area (Å²) in [5, 5.41) is -0.0657. The second-order valence-electron chi connectivity index (χ2n) is 16.3. The number of pyridine rings is 1. The molecule has 0 aliphatic carbocycles. The van der Waals surface area contributed by atoms with Crippen molar-refractivity contribution in [3.8, 4) is 22.4 Å². The number of hydrogen-bond acceptors (Lipinski definition) is 1. The minimum absolute atomic E-state index is 0.0300. The fourth-order valence-electron chi connectivity index (χ4n) is 4.93. The van der Waals surface area contributed by atoms with Crippen molar-refractivity contribution in [2.75, 3.05) is 37.5 Å². The van der Waals surface area contributed by atoms with Gasteiger partial charge in [0.1, 0.15) is 31.4 Å². The van der Waals surface area contributed by atoms with Crippen molar-refractivity contribution in [2.45, 2.75) is 61.8 Å². The van der Waals surface area contributed by atoms with E-state index in [1.807, 2.05) is 0 Å². The highest BCUT2D eigenvalue weighted by atomic mass is 32.3. The summed E-state index contributed by atoms with van der Waals surface area (Å²) in [5.74, 6) is 0. The van der Waals surface area contributed by atoms with Crippen molar-refractivity contribution in [3.05, 3.63) is 65.9 Å². The van der Waals surface area contributed by atoms with Crippen LogP contribution in [0, 0.1) is 10.8 Å². The van der Waals surface area contributed by atoms with E-state index in [4.69, 9.17) is 4.98 Å². The van der Waals surface area contributed by atoms with Crippen LogP contribution < -0.4 is 0 Å². The zero-order valence-corrected chi connectivity index (χ0v) is 30.1. The molecule has 0 aliphatic heterocycles. The molecule has 7 heteroatoms. The van der Waals surface area contributed by atoms with Crippen LogP contribution >= 0.6 is 20.1 Å². The molecule has 0 bridgehead atoms. The molecule has 214 valence electrons. The Bertz CT molecular complexity index is 1370. The molecule has 0 unspecified atom stereocenters. The van der Waals surface area contributed by atoms with Gasteiger partial charge in [-0.05, 0) is 105 Å². The Balaban J connectivity index is 2.30. The Hall–Kier alpha value is -1.45. The number of aromatic nitrogens is 1. The largest absolute Gasteiger partial charge is 0.256 e. The Morgan fingerprint density at radius 3 is 1.50 bits per heavy atom. The third kappa shape index (κ3) is 6.46. The molecule has 0 saturated carbocycles. The number of benzene rings is 2. The van der Waals surface area contributed by atoms with Crippen molar-refractivity contribution in [3.63, 3.8) is 0 Å². The summed E-state index contributed by atoms with van der Waals surface area (Å²) >= 11 is 0. The third-order valence-corrected chi connectivity index (χ3v) is 13.2. The van der Waals surface area contributed by atoms with Crippen LogP contribution in [0.3, 0.4) is 0 Å². The first-order valence-electron chi connectivity index (χ1n) is 14.5. The Morgan fingerprint density at radius 2 is 1.05 bits per heavy atom. The first kappa shape index (κ1) is 33.1. The summed E-state index contributed by atoms with van der Waals surface area (Å²) in [5.41, 5.74) is 7.86. The molecule has 0 saturated heterocycles. The van der Waals surface area contributed by atoms with Crippen LogP contribution in [0.25, 0.3) is 22.4 Å². The fraction of sp³-hybridized carbons (Fsp3) is 0.485. The van der Waals surface area contributed by atoms with Crippen molar-refractivity contribution in [2.24, 2.45) is 10.8 Å². The van der Waals surface area contributed by atoms with Crippen molar-refractivity contribution >= 4 is 51.4 Å². The van der Waals surface area contributed by atoms with E-state index in [9.17, 15) is 0 Å². The lowest BCUT2D eigenvalue weighted by Crippen LogP contribution is -2.47. The smallest absolute Gasteiger partial charge is 0.105 e. The minimum Gasteiger partial charge on any atom is -0.256 e. The van der Waals surface area contributed by atoms with Crippen molar-refractivity contribution < 1.29 is 0 Å². The van der Waals surface area contributed by atoms with Crippen LogP contribution in [0.15, 0.2) is 64.5 Å². The van der Waals surface area contributed by atoms with E-state index in [2.05, 4.69) is 165 Å². The molecular weight excluding hydrogens is 518 g/mol. The first-order chi connectivity index (χ1) is 17.9. The lowest BCUT2D eigenvalue weighted by atomic mass is 9.35. The average molecular weight is 571 g/mol. The summed E-state index contributed by atoms with van der Waals surface area (Å²) in [7, 11) is 7.90. The summed E-state index contributed by atoms with van der Waals surface area (Å²) in [6, 6.07) is 18.8. The SMILES string of the molecule is BC(B)(c1cnc(-c2ccc(S(C)(C)C)c(-c3ccc(S(C)(C)C)cc3)c2)cc1C(B)(B)C(C)(C)C)C(C)(C)C. The maximum Gasteiger partial charge on any atom is 0.105 e. The van der Waals surface area contributed by atoms with Crippen molar-refractivity contribution in [1.82, 2.24) is 4.98 Å². The van der Waals surface area contributed by atoms with Gasteiger partial charge < -0.3 is 0 Å². The molecule has 0 amide bonds. The third-order valence-electron chi connectivity index (χ3n) is 9.81. The van der Waals surface area contributed by atoms with E-state index in [1.54, 1.807) is 0 Å². The second kappa shape index (κ2) is 10.7. The highest BCUT2D eigenvalue weighted by Gasteiger charge is 2.42. The van der Waals surface area contributed by atoms with E-state index in [0.29, 0.717) is 0 Å². The Labute approximate surface area is 253 Å². The monoisotopic (exact) mass is 571 g/mol. The van der Waals surface area contributed by atoms with Gasteiger partial charge >= 0.3 is 0 Å². The molecule has 3 aromatic rings. The fourth-order valence-corrected chi connectivity index (χ4v) is 7.19. The maximum atomic E-state index is 5.17. The number of hydrogen-bond donors (Lipinski definition) is 0. The highest BCUT2D eigenvalue weighted by Crippen LogP contribution is 2.52. The van der Waals surface area contributed by atoms with Crippen molar-refractivity contribution in [1.29, 1.82) is 0 Å². The molecule has 1 aromatic heterocycles. The van der Waals surface area contributed by atoms with Crippen LogP contribution in [-0.2, 0) is 10.4 Å². The molecule has 0 N–H and O–H groups in total. The topological polar surface area (TPSA) is 12.9 Å². The predicted molar refractivity (Wildman–Crippen MR) is 199 cm³/mol. The van der Waals surface area contributed by atoms with Gasteiger partial charge in [-0.1, -0.05) is 75.7 Å². The standard InChI is InChI=1S/C33H53B4NS2/c1-30(2,3)32(34,35)26-20-28(38-21-27(26)33(36,37)31(4,5)6)23-15-18-29(40(10,11)12)25(19-23)22-13-16-24(17-14-22)39(7,8)9/h13-21H,34-37H2,1-12H3. The molecule has 0 fully saturated rings. The van der Waals surface area contributed by atoms with Crippen LogP contribution in [-0.4, -0.2) is 73.9 Å². The van der Waals surface area contributed by atoms with Gasteiger partial charge in [-0.15, -0.1) is 0 Å². The minimum atomic E-state index is -0.928. The van der Waals surface area contributed by atoms with E-state index in [-0.39, 0.29) is 21.3 Å².